The molecule has 0 N–H and O–H groups in total. The maximum Gasteiger partial charge on any atom is 0.0541 e. The van der Waals surface area contributed by atoms with E-state index in [4.69, 9.17) is 0 Å². The normalized spacial score (nSPS) is 13.3. The zero-order chi connectivity index (χ0) is 39.7. The second-order valence-corrected chi connectivity index (χ2v) is 17.1. The highest BCUT2D eigenvalue weighted by molar-refractivity contribution is 6.27. The number of rotatable bonds is 3. The summed E-state index contributed by atoms with van der Waals surface area (Å²) >= 11 is 0. The van der Waals surface area contributed by atoms with Crippen LogP contribution in [-0.4, -0.2) is 4.57 Å². The summed E-state index contributed by atoms with van der Waals surface area (Å²) in [4.78, 5) is 0. The van der Waals surface area contributed by atoms with E-state index < -0.39 is 0 Å². The van der Waals surface area contributed by atoms with Gasteiger partial charge >= 0.3 is 0 Å². The smallest absolute Gasteiger partial charge is 0.0541 e. The number of benzene rings is 11. The molecule has 1 nitrogen and oxygen atoms in total. The average Bonchev–Trinajstić information content (AvgIpc) is 3.76. The third kappa shape index (κ3) is 4.41. The van der Waals surface area contributed by atoms with E-state index >= 15 is 0 Å². The van der Waals surface area contributed by atoms with E-state index in [9.17, 15) is 0 Å². The summed E-state index contributed by atoms with van der Waals surface area (Å²) in [5.41, 5.74) is 14.1. The van der Waals surface area contributed by atoms with E-state index in [0.717, 1.165) is 0 Å². The van der Waals surface area contributed by atoms with Crippen LogP contribution in [0.3, 0.4) is 0 Å². The Hall–Kier alpha value is -7.48. The summed E-state index contributed by atoms with van der Waals surface area (Å²) in [6.07, 6.45) is 0. The minimum Gasteiger partial charge on any atom is -0.309 e. The van der Waals surface area contributed by atoms with Gasteiger partial charge in [-0.25, -0.2) is 0 Å². The predicted octanol–water partition coefficient (Wildman–Crippen LogP) is 16.2. The van der Waals surface area contributed by atoms with Crippen molar-refractivity contribution in [3.63, 3.8) is 0 Å². The Morgan fingerprint density at radius 3 is 1.40 bits per heavy atom. The molecule has 12 aromatic rings. The molecule has 0 aliphatic heterocycles. The van der Waals surface area contributed by atoms with Crippen LogP contribution in [0.2, 0.25) is 0 Å². The minimum atomic E-state index is -0.229. The standard InChI is InChI=1S/C59H39N/c1-59(2)51-35-50(40-22-7-9-24-42(40)56(51)57-43-25-10-6-20-38(43)39-21-8-15-30-48(39)58(57)59)55-46-28-13-11-26-44(46)54(45-27-12-14-29-47(45)55)36-32-33-53-49(34-36)41-23-16-17-31-52(41)60(53)37-18-4-3-5-19-37/h3-35H,1-2H3. The molecule has 0 fully saturated rings. The fourth-order valence-electron chi connectivity index (χ4n) is 11.2. The molecule has 1 aliphatic carbocycles. The highest BCUT2D eigenvalue weighted by Gasteiger charge is 2.40. The van der Waals surface area contributed by atoms with Gasteiger partial charge in [-0.05, 0) is 135 Å². The van der Waals surface area contributed by atoms with Crippen molar-refractivity contribution in [2.24, 2.45) is 0 Å². The molecule has 0 amide bonds. The van der Waals surface area contributed by atoms with Crippen LogP contribution < -0.4 is 0 Å². The quantitative estimate of drug-likeness (QED) is 0.125. The van der Waals surface area contributed by atoms with Gasteiger partial charge in [-0.15, -0.1) is 0 Å². The largest absolute Gasteiger partial charge is 0.309 e. The number of hydrogen-bond donors (Lipinski definition) is 0. The monoisotopic (exact) mass is 761 g/mol. The molecule has 1 aromatic heterocycles. The Kier molecular flexibility index (Phi) is 6.85. The molecular weight excluding hydrogens is 723 g/mol. The molecule has 0 spiro atoms. The summed E-state index contributed by atoms with van der Waals surface area (Å²) in [5, 5.41) is 15.5. The van der Waals surface area contributed by atoms with Crippen LogP contribution in [0.15, 0.2) is 200 Å². The lowest BCUT2D eigenvalue weighted by molar-refractivity contribution is 0.667. The molecule has 1 heterocycles. The lowest BCUT2D eigenvalue weighted by atomic mass is 9.77. The van der Waals surface area contributed by atoms with E-state index in [1.807, 2.05) is 0 Å². The van der Waals surface area contributed by atoms with Gasteiger partial charge in [0.15, 0.2) is 0 Å². The van der Waals surface area contributed by atoms with Gasteiger partial charge in [0.2, 0.25) is 0 Å². The van der Waals surface area contributed by atoms with E-state index in [1.165, 1.54) is 126 Å². The number of hydrogen-bond acceptors (Lipinski definition) is 0. The third-order valence-electron chi connectivity index (χ3n) is 13.7. The fourth-order valence-corrected chi connectivity index (χ4v) is 11.2. The van der Waals surface area contributed by atoms with Gasteiger partial charge < -0.3 is 4.57 Å². The topological polar surface area (TPSA) is 4.93 Å². The molecule has 1 heteroatoms. The van der Waals surface area contributed by atoms with Gasteiger partial charge in [-0.2, -0.15) is 0 Å². The van der Waals surface area contributed by atoms with E-state index in [0.29, 0.717) is 0 Å². The number of nitrogens with zero attached hydrogens (tertiary/aromatic N) is 1. The van der Waals surface area contributed by atoms with Gasteiger partial charge in [0.05, 0.1) is 11.0 Å². The summed E-state index contributed by atoms with van der Waals surface area (Å²) in [5.74, 6) is 0. The van der Waals surface area contributed by atoms with Crippen LogP contribution in [0.25, 0.3) is 115 Å². The van der Waals surface area contributed by atoms with E-state index in [1.54, 1.807) is 0 Å². The van der Waals surface area contributed by atoms with Crippen molar-refractivity contribution in [1.29, 1.82) is 0 Å². The van der Waals surface area contributed by atoms with Crippen molar-refractivity contribution in [2.75, 3.05) is 0 Å². The van der Waals surface area contributed by atoms with Crippen LogP contribution in [0.5, 0.6) is 0 Å². The molecule has 0 radical (unpaired) electrons. The summed E-state index contributed by atoms with van der Waals surface area (Å²) in [7, 11) is 0. The number of fused-ring (bicyclic) bond motifs is 15. The predicted molar refractivity (Wildman–Crippen MR) is 257 cm³/mol. The first-order valence-corrected chi connectivity index (χ1v) is 21.1. The first-order valence-electron chi connectivity index (χ1n) is 21.1. The number of aromatic nitrogens is 1. The maximum atomic E-state index is 2.57. The Morgan fingerprint density at radius 2 is 0.767 bits per heavy atom. The van der Waals surface area contributed by atoms with Crippen LogP contribution >= 0.6 is 0 Å². The maximum absolute atomic E-state index is 2.57. The molecule has 0 atom stereocenters. The molecule has 11 aromatic carbocycles. The Bertz CT molecular complexity index is 3730. The minimum absolute atomic E-state index is 0.229. The second-order valence-electron chi connectivity index (χ2n) is 17.1. The Morgan fingerprint density at radius 1 is 0.317 bits per heavy atom. The van der Waals surface area contributed by atoms with Crippen molar-refractivity contribution in [2.45, 2.75) is 19.3 Å². The highest BCUT2D eigenvalue weighted by Crippen LogP contribution is 2.58. The molecule has 0 bridgehead atoms. The van der Waals surface area contributed by atoms with Gasteiger partial charge in [0, 0.05) is 21.9 Å². The molecule has 0 saturated heterocycles. The highest BCUT2D eigenvalue weighted by atomic mass is 15.0. The summed E-state index contributed by atoms with van der Waals surface area (Å²) in [6, 6.07) is 74.7. The number of para-hydroxylation sites is 2. The fraction of sp³-hybridized carbons (Fsp3) is 0.0508. The second kappa shape index (κ2) is 12.3. The molecule has 60 heavy (non-hydrogen) atoms. The molecule has 280 valence electrons. The third-order valence-corrected chi connectivity index (χ3v) is 13.7. The van der Waals surface area contributed by atoms with Crippen molar-refractivity contribution in [1.82, 2.24) is 4.57 Å². The molecular formula is C59H39N. The molecule has 0 saturated carbocycles. The van der Waals surface area contributed by atoms with Gasteiger partial charge in [0.1, 0.15) is 0 Å². The van der Waals surface area contributed by atoms with Crippen LogP contribution in [0, 0.1) is 0 Å². The molecule has 0 unspecified atom stereocenters. The van der Waals surface area contributed by atoms with Crippen molar-refractivity contribution in [3.05, 3.63) is 211 Å². The zero-order valence-corrected chi connectivity index (χ0v) is 33.5. The van der Waals surface area contributed by atoms with E-state index in [-0.39, 0.29) is 5.41 Å². The van der Waals surface area contributed by atoms with Gasteiger partial charge in [0.25, 0.3) is 0 Å². The van der Waals surface area contributed by atoms with Crippen molar-refractivity contribution >= 4 is 75.7 Å². The lowest BCUT2D eigenvalue weighted by Gasteiger charge is -2.25. The van der Waals surface area contributed by atoms with Crippen molar-refractivity contribution in [3.8, 4) is 39.1 Å². The van der Waals surface area contributed by atoms with Crippen LogP contribution in [0.4, 0.5) is 0 Å². The summed E-state index contributed by atoms with van der Waals surface area (Å²) < 4.78 is 2.40. The van der Waals surface area contributed by atoms with E-state index in [2.05, 4.69) is 219 Å². The van der Waals surface area contributed by atoms with Crippen molar-refractivity contribution < 1.29 is 0 Å². The first-order chi connectivity index (χ1) is 29.6. The van der Waals surface area contributed by atoms with Crippen LogP contribution in [0.1, 0.15) is 25.0 Å². The van der Waals surface area contributed by atoms with Gasteiger partial charge in [-0.3, -0.25) is 0 Å². The average molecular weight is 762 g/mol. The molecule has 1 aliphatic rings. The SMILES string of the molecule is CC1(C)c2cc(-c3c4ccccc4c(-c4ccc5c(c4)c4ccccc4n5-c4ccccc4)c4ccccc34)c3ccccc3c2-c2c1c1ccccc1c1ccccc21. The first kappa shape index (κ1) is 33.5. The Balaban J connectivity index is 1.12. The lowest BCUT2D eigenvalue weighted by Crippen LogP contribution is -2.16. The zero-order valence-electron chi connectivity index (χ0n) is 33.5. The summed E-state index contributed by atoms with van der Waals surface area (Å²) in [6.45, 7) is 4.89. The van der Waals surface area contributed by atoms with Crippen LogP contribution in [-0.2, 0) is 5.41 Å². The van der Waals surface area contributed by atoms with Gasteiger partial charge in [-0.1, -0.05) is 178 Å². The Labute approximate surface area is 348 Å². The molecule has 13 rings (SSSR count).